The summed E-state index contributed by atoms with van der Waals surface area (Å²) in [6, 6.07) is 12.2. The van der Waals surface area contributed by atoms with Gasteiger partial charge in [0.25, 0.3) is 0 Å². The number of halogens is 1. The predicted octanol–water partition coefficient (Wildman–Crippen LogP) is 7.11. The molecule has 0 spiro atoms. The molecule has 0 saturated carbocycles. The van der Waals surface area contributed by atoms with Crippen LogP contribution in [-0.2, 0) is 22.7 Å². The van der Waals surface area contributed by atoms with Gasteiger partial charge in [-0.1, -0.05) is 39.3 Å². The zero-order chi connectivity index (χ0) is 29.7. The highest BCUT2D eigenvalue weighted by molar-refractivity contribution is 6.74. The minimum absolute atomic E-state index is 0.131. The Labute approximate surface area is 250 Å². The van der Waals surface area contributed by atoms with Gasteiger partial charge in [-0.25, -0.2) is 9.97 Å². The second-order valence-corrected chi connectivity index (χ2v) is 18.4. The molecule has 1 unspecified atom stereocenters. The van der Waals surface area contributed by atoms with Gasteiger partial charge in [0.05, 0.1) is 17.3 Å². The van der Waals surface area contributed by atoms with E-state index in [0.29, 0.717) is 29.7 Å². The first-order valence-corrected chi connectivity index (χ1v) is 17.6. The van der Waals surface area contributed by atoms with Gasteiger partial charge in [-0.3, -0.25) is 0 Å². The fourth-order valence-corrected chi connectivity index (χ4v) is 6.99. The maximum atomic E-state index is 10.2. The van der Waals surface area contributed by atoms with Crippen molar-refractivity contribution < 1.29 is 9.45 Å². The summed E-state index contributed by atoms with van der Waals surface area (Å²) >= 11 is 6.46. The Morgan fingerprint density at radius 3 is 2.66 bits per heavy atom. The van der Waals surface area contributed by atoms with Crippen molar-refractivity contribution in [1.82, 2.24) is 9.97 Å². The van der Waals surface area contributed by atoms with Crippen LogP contribution in [0.4, 0.5) is 17.3 Å². The van der Waals surface area contributed by atoms with Gasteiger partial charge < -0.3 is 19.6 Å². The molecule has 41 heavy (non-hydrogen) atoms. The van der Waals surface area contributed by atoms with E-state index in [0.717, 1.165) is 53.0 Å². The SMILES string of the molecule is CB(O)N1CCc2c(Nc3nccc(-c4cc(C#N)c5c(c4)C(C)(CO[Si](C)(C)C(C)(C)C)CC5)n3)cc(Cl)cc21. The molecule has 2 N–H and O–H groups in total. The Kier molecular flexibility index (Phi) is 7.75. The molecule has 3 aromatic rings. The van der Waals surface area contributed by atoms with E-state index in [-0.39, 0.29) is 10.5 Å². The lowest BCUT2D eigenvalue weighted by atomic mass is 9.83. The molecule has 2 heterocycles. The number of benzene rings is 2. The molecule has 0 radical (unpaired) electrons. The minimum atomic E-state index is -1.93. The van der Waals surface area contributed by atoms with Crippen LogP contribution < -0.4 is 10.1 Å². The summed E-state index contributed by atoms with van der Waals surface area (Å²) in [7, 11) is -2.53. The van der Waals surface area contributed by atoms with E-state index < -0.39 is 15.4 Å². The fourth-order valence-electron chi connectivity index (χ4n) is 5.66. The molecule has 0 fully saturated rings. The lowest BCUT2D eigenvalue weighted by molar-refractivity contribution is 0.208. The number of hydrogen-bond donors (Lipinski definition) is 2. The van der Waals surface area contributed by atoms with E-state index >= 15 is 0 Å². The Morgan fingerprint density at radius 1 is 1.22 bits per heavy atom. The van der Waals surface area contributed by atoms with E-state index in [1.165, 1.54) is 5.56 Å². The third-order valence-electron chi connectivity index (χ3n) is 9.26. The van der Waals surface area contributed by atoms with Crippen LogP contribution in [0.5, 0.6) is 0 Å². The Morgan fingerprint density at radius 2 is 1.98 bits per heavy atom. The molecule has 0 saturated heterocycles. The van der Waals surface area contributed by atoms with Crippen molar-refractivity contribution >= 4 is 44.3 Å². The molecule has 2 aliphatic rings. The predicted molar refractivity (Wildman–Crippen MR) is 171 cm³/mol. The monoisotopic (exact) mass is 587 g/mol. The van der Waals surface area contributed by atoms with Gasteiger partial charge in [0, 0.05) is 46.7 Å². The summed E-state index contributed by atoms with van der Waals surface area (Å²) in [5, 5.41) is 24.4. The van der Waals surface area contributed by atoms with Gasteiger partial charge in [0.1, 0.15) is 0 Å². The highest BCUT2D eigenvalue weighted by Crippen LogP contribution is 2.45. The molecule has 1 aliphatic heterocycles. The number of aromatic nitrogens is 2. The number of rotatable bonds is 7. The molecule has 7 nitrogen and oxygen atoms in total. The minimum Gasteiger partial charge on any atom is -0.432 e. The lowest BCUT2D eigenvalue weighted by Crippen LogP contribution is -2.44. The van der Waals surface area contributed by atoms with Gasteiger partial charge in [-0.15, -0.1) is 0 Å². The first-order chi connectivity index (χ1) is 19.2. The maximum absolute atomic E-state index is 10.2. The number of nitrogens with zero attached hydrogens (tertiary/aromatic N) is 4. The van der Waals surface area contributed by atoms with E-state index in [2.05, 4.69) is 63.2 Å². The van der Waals surface area contributed by atoms with Crippen LogP contribution in [0.15, 0.2) is 36.5 Å². The highest BCUT2D eigenvalue weighted by atomic mass is 35.5. The smallest absolute Gasteiger partial charge is 0.409 e. The molecular formula is C31H39BClN5O2Si. The summed E-state index contributed by atoms with van der Waals surface area (Å²) in [5.74, 6) is 0.450. The summed E-state index contributed by atoms with van der Waals surface area (Å²) in [4.78, 5) is 11.3. The molecular weight excluding hydrogens is 549 g/mol. The van der Waals surface area contributed by atoms with Crippen LogP contribution in [0.3, 0.4) is 0 Å². The van der Waals surface area contributed by atoms with Crippen LogP contribution in [0.2, 0.25) is 30.0 Å². The Hall–Kier alpha value is -2.90. The average molecular weight is 588 g/mol. The van der Waals surface area contributed by atoms with Crippen molar-refractivity contribution in [3.05, 3.63) is 63.8 Å². The topological polar surface area (TPSA) is 94.3 Å². The number of nitrogens with one attached hydrogen (secondary N) is 1. The van der Waals surface area contributed by atoms with Crippen molar-refractivity contribution in [1.29, 1.82) is 5.26 Å². The molecule has 0 amide bonds. The van der Waals surface area contributed by atoms with E-state index in [1.54, 1.807) is 13.0 Å². The van der Waals surface area contributed by atoms with Gasteiger partial charge in [-0.2, -0.15) is 5.26 Å². The Balaban J connectivity index is 1.47. The van der Waals surface area contributed by atoms with Crippen molar-refractivity contribution in [3.63, 3.8) is 0 Å². The molecule has 2 aromatic carbocycles. The van der Waals surface area contributed by atoms with Crippen molar-refractivity contribution in [2.45, 2.75) is 77.3 Å². The number of anilines is 3. The normalized spacial score (nSPS) is 18.2. The van der Waals surface area contributed by atoms with Gasteiger partial charge >= 0.3 is 7.05 Å². The summed E-state index contributed by atoms with van der Waals surface area (Å²) < 4.78 is 6.70. The Bertz CT molecular complexity index is 1530. The first-order valence-electron chi connectivity index (χ1n) is 14.3. The summed E-state index contributed by atoms with van der Waals surface area (Å²) in [6.07, 6.45) is 4.34. The molecule has 10 heteroatoms. The number of nitriles is 1. The van der Waals surface area contributed by atoms with E-state index in [4.69, 9.17) is 21.0 Å². The van der Waals surface area contributed by atoms with Crippen LogP contribution in [0.25, 0.3) is 11.3 Å². The van der Waals surface area contributed by atoms with Crippen molar-refractivity contribution in [2.75, 3.05) is 23.3 Å². The zero-order valence-corrected chi connectivity index (χ0v) is 26.9. The highest BCUT2D eigenvalue weighted by Gasteiger charge is 2.42. The lowest BCUT2D eigenvalue weighted by Gasteiger charge is -2.39. The van der Waals surface area contributed by atoms with Crippen molar-refractivity contribution in [3.8, 4) is 17.3 Å². The number of hydrogen-bond acceptors (Lipinski definition) is 7. The van der Waals surface area contributed by atoms with Crippen LogP contribution in [-0.4, -0.2) is 43.5 Å². The standard InChI is InChI=1S/C31H39BClN5O2Si/c1-30(2,3)41(6,7)40-19-31(4)11-8-23-21(18-34)14-20(15-25(23)31)26-9-12-35-29(36-26)37-27-16-22(33)17-28-24(27)10-13-38(28)32(5)39/h9,12,14-17,39H,8,10-11,13,19H2,1-7H3,(H,35,36,37). The van der Waals surface area contributed by atoms with Gasteiger partial charge in [0.15, 0.2) is 8.32 Å². The van der Waals surface area contributed by atoms with Gasteiger partial charge in [0.2, 0.25) is 5.95 Å². The van der Waals surface area contributed by atoms with E-state index in [9.17, 15) is 10.3 Å². The molecule has 1 aromatic heterocycles. The molecule has 214 valence electrons. The largest absolute Gasteiger partial charge is 0.432 e. The molecule has 0 bridgehead atoms. The average Bonchev–Trinajstić information content (AvgIpc) is 3.48. The van der Waals surface area contributed by atoms with E-state index in [1.807, 2.05) is 29.1 Å². The first kappa shape index (κ1) is 29.6. The second kappa shape index (κ2) is 10.7. The molecule has 1 atom stereocenters. The molecule has 1 aliphatic carbocycles. The summed E-state index contributed by atoms with van der Waals surface area (Å²) in [6.45, 7) is 16.7. The van der Waals surface area contributed by atoms with Crippen LogP contribution in [0.1, 0.15) is 56.4 Å². The van der Waals surface area contributed by atoms with Crippen LogP contribution >= 0.6 is 11.6 Å². The van der Waals surface area contributed by atoms with Gasteiger partial charge in [-0.05, 0) is 91.2 Å². The number of fused-ring (bicyclic) bond motifs is 2. The fraction of sp³-hybridized carbons (Fsp3) is 0.452. The second-order valence-electron chi connectivity index (χ2n) is 13.2. The van der Waals surface area contributed by atoms with Crippen LogP contribution in [0, 0.1) is 11.3 Å². The third-order valence-corrected chi connectivity index (χ3v) is 14.0. The quantitative estimate of drug-likeness (QED) is 0.284. The van der Waals surface area contributed by atoms with Crippen molar-refractivity contribution in [2.24, 2.45) is 0 Å². The maximum Gasteiger partial charge on any atom is 0.409 e. The zero-order valence-electron chi connectivity index (χ0n) is 25.1. The summed E-state index contributed by atoms with van der Waals surface area (Å²) in [5.41, 5.74) is 7.30. The third kappa shape index (κ3) is 5.63. The molecule has 5 rings (SSSR count).